The molecule has 108 valence electrons. The first-order chi connectivity index (χ1) is 9.53. The van der Waals surface area contributed by atoms with Gasteiger partial charge in [-0.05, 0) is 31.4 Å². The minimum atomic E-state index is -3.62. The molecule has 1 aromatic rings. The van der Waals surface area contributed by atoms with Gasteiger partial charge in [0.25, 0.3) is 0 Å². The summed E-state index contributed by atoms with van der Waals surface area (Å²) in [5, 5.41) is 5.84. The molecule has 2 heterocycles. The van der Waals surface area contributed by atoms with Crippen LogP contribution in [0.15, 0.2) is 18.2 Å². The van der Waals surface area contributed by atoms with Crippen LogP contribution < -0.4 is 20.1 Å². The molecule has 0 bridgehead atoms. The van der Waals surface area contributed by atoms with Crippen molar-refractivity contribution in [3.63, 3.8) is 0 Å². The van der Waals surface area contributed by atoms with Crippen LogP contribution in [0.4, 0.5) is 14.5 Å². The molecule has 7 heteroatoms. The summed E-state index contributed by atoms with van der Waals surface area (Å²) in [7, 11) is 0. The van der Waals surface area contributed by atoms with Gasteiger partial charge < -0.3 is 20.1 Å². The fourth-order valence-corrected chi connectivity index (χ4v) is 2.32. The number of amides is 1. The second-order valence-corrected chi connectivity index (χ2v) is 4.81. The van der Waals surface area contributed by atoms with E-state index in [-0.39, 0.29) is 23.4 Å². The molecule has 2 aliphatic rings. The van der Waals surface area contributed by atoms with Crippen LogP contribution in [0.1, 0.15) is 19.3 Å². The molecule has 0 spiro atoms. The summed E-state index contributed by atoms with van der Waals surface area (Å²) in [4.78, 5) is 11.8. The van der Waals surface area contributed by atoms with Gasteiger partial charge >= 0.3 is 6.29 Å². The maximum Gasteiger partial charge on any atom is 0.586 e. The molecule has 1 amide bonds. The first-order valence-electron chi connectivity index (χ1n) is 6.48. The number of halogens is 2. The van der Waals surface area contributed by atoms with Crippen LogP contribution >= 0.6 is 0 Å². The van der Waals surface area contributed by atoms with Crippen molar-refractivity contribution in [3.8, 4) is 11.5 Å². The van der Waals surface area contributed by atoms with Crippen molar-refractivity contribution in [2.45, 2.75) is 31.6 Å². The number of nitrogens with one attached hydrogen (secondary N) is 2. The molecular weight excluding hydrogens is 270 g/mol. The molecule has 0 saturated carbocycles. The monoisotopic (exact) mass is 284 g/mol. The van der Waals surface area contributed by atoms with Gasteiger partial charge in [-0.15, -0.1) is 8.78 Å². The molecule has 1 fully saturated rings. The number of hydrogen-bond donors (Lipinski definition) is 2. The Morgan fingerprint density at radius 2 is 2.05 bits per heavy atom. The van der Waals surface area contributed by atoms with Crippen LogP contribution in [0.5, 0.6) is 11.5 Å². The number of alkyl halides is 2. The SMILES string of the molecule is O=C1NCCCC[C@H]1Nc1ccc2c(c1)OC(F)(F)O2. The summed E-state index contributed by atoms with van der Waals surface area (Å²) in [6.45, 7) is 0.671. The van der Waals surface area contributed by atoms with E-state index in [1.54, 1.807) is 6.07 Å². The highest BCUT2D eigenvalue weighted by Crippen LogP contribution is 2.42. The largest absolute Gasteiger partial charge is 0.586 e. The van der Waals surface area contributed by atoms with Gasteiger partial charge in [-0.2, -0.15) is 0 Å². The lowest BCUT2D eigenvalue weighted by Crippen LogP contribution is -2.37. The average molecular weight is 284 g/mol. The third kappa shape index (κ3) is 2.61. The smallest absolute Gasteiger partial charge is 0.395 e. The minimum absolute atomic E-state index is 0.00846. The van der Waals surface area contributed by atoms with E-state index in [1.807, 2.05) is 0 Å². The molecule has 2 aliphatic heterocycles. The van der Waals surface area contributed by atoms with Crippen LogP contribution in [0.25, 0.3) is 0 Å². The third-order valence-corrected chi connectivity index (χ3v) is 3.28. The molecular formula is C13H14F2N2O3. The predicted octanol–water partition coefficient (Wildman–Crippen LogP) is 2.09. The molecule has 5 nitrogen and oxygen atoms in total. The zero-order valence-electron chi connectivity index (χ0n) is 10.6. The van der Waals surface area contributed by atoms with Crippen molar-refractivity contribution in [2.24, 2.45) is 0 Å². The molecule has 1 saturated heterocycles. The minimum Gasteiger partial charge on any atom is -0.395 e. The maximum absolute atomic E-state index is 12.9. The highest BCUT2D eigenvalue weighted by Gasteiger charge is 2.43. The molecule has 0 aromatic heterocycles. The Bertz CT molecular complexity index is 536. The van der Waals surface area contributed by atoms with Crippen LogP contribution in [0.2, 0.25) is 0 Å². The number of rotatable bonds is 2. The van der Waals surface area contributed by atoms with Crippen molar-refractivity contribution in [2.75, 3.05) is 11.9 Å². The van der Waals surface area contributed by atoms with Crippen molar-refractivity contribution in [1.82, 2.24) is 5.32 Å². The molecule has 0 aliphatic carbocycles. The number of hydrogen-bond acceptors (Lipinski definition) is 4. The van der Waals surface area contributed by atoms with Gasteiger partial charge in [0, 0.05) is 18.3 Å². The first-order valence-corrected chi connectivity index (χ1v) is 6.48. The Morgan fingerprint density at radius 3 is 2.90 bits per heavy atom. The van der Waals surface area contributed by atoms with E-state index in [1.165, 1.54) is 12.1 Å². The van der Waals surface area contributed by atoms with E-state index in [9.17, 15) is 13.6 Å². The van der Waals surface area contributed by atoms with Gasteiger partial charge in [0.2, 0.25) is 5.91 Å². The number of ether oxygens (including phenoxy) is 2. The Balaban J connectivity index is 1.74. The van der Waals surface area contributed by atoms with E-state index >= 15 is 0 Å². The molecule has 0 radical (unpaired) electrons. The fourth-order valence-electron chi connectivity index (χ4n) is 2.32. The second-order valence-electron chi connectivity index (χ2n) is 4.81. The van der Waals surface area contributed by atoms with Crippen LogP contribution in [-0.2, 0) is 4.79 Å². The lowest BCUT2D eigenvalue weighted by molar-refractivity contribution is -0.286. The predicted molar refractivity (Wildman–Crippen MR) is 66.9 cm³/mol. The third-order valence-electron chi connectivity index (χ3n) is 3.28. The maximum atomic E-state index is 12.9. The van der Waals surface area contributed by atoms with E-state index < -0.39 is 6.29 Å². The number of benzene rings is 1. The van der Waals surface area contributed by atoms with Crippen molar-refractivity contribution in [3.05, 3.63) is 18.2 Å². The van der Waals surface area contributed by atoms with Crippen molar-refractivity contribution < 1.29 is 23.0 Å². The standard InChI is InChI=1S/C13H14F2N2O3/c14-13(15)19-10-5-4-8(7-11(10)20-13)17-9-3-1-2-6-16-12(9)18/h4-5,7,9,17H,1-3,6H2,(H,16,18)/t9-/m1/s1. The summed E-state index contributed by atoms with van der Waals surface area (Å²) in [6, 6.07) is 4.03. The molecule has 1 aromatic carbocycles. The number of carbonyl (C=O) groups is 1. The van der Waals surface area contributed by atoms with Gasteiger partial charge in [0.15, 0.2) is 11.5 Å². The molecule has 2 N–H and O–H groups in total. The average Bonchev–Trinajstić information content (AvgIpc) is 2.55. The van der Waals surface area contributed by atoms with Crippen molar-refractivity contribution in [1.29, 1.82) is 0 Å². The highest BCUT2D eigenvalue weighted by atomic mass is 19.3. The van der Waals surface area contributed by atoms with E-state index in [0.717, 1.165) is 12.8 Å². The Morgan fingerprint density at radius 1 is 1.25 bits per heavy atom. The number of carbonyl (C=O) groups excluding carboxylic acids is 1. The fraction of sp³-hybridized carbons (Fsp3) is 0.462. The van der Waals surface area contributed by atoms with Gasteiger partial charge in [0.05, 0.1) is 0 Å². The zero-order chi connectivity index (χ0) is 14.2. The quantitative estimate of drug-likeness (QED) is 0.873. The summed E-state index contributed by atoms with van der Waals surface area (Å²) in [5.41, 5.74) is 0.548. The normalized spacial score (nSPS) is 23.9. The van der Waals surface area contributed by atoms with Crippen LogP contribution in [0.3, 0.4) is 0 Å². The van der Waals surface area contributed by atoms with Gasteiger partial charge in [-0.3, -0.25) is 4.79 Å². The second kappa shape index (κ2) is 4.81. The lowest BCUT2D eigenvalue weighted by Gasteiger charge is -2.16. The van der Waals surface area contributed by atoms with Crippen molar-refractivity contribution >= 4 is 11.6 Å². The Hall–Kier alpha value is -2.05. The molecule has 20 heavy (non-hydrogen) atoms. The summed E-state index contributed by atoms with van der Waals surface area (Å²) < 4.78 is 34.5. The van der Waals surface area contributed by atoms with Gasteiger partial charge in [-0.1, -0.05) is 0 Å². The zero-order valence-corrected chi connectivity index (χ0v) is 10.6. The molecule has 3 rings (SSSR count). The van der Waals surface area contributed by atoms with E-state index in [0.29, 0.717) is 18.7 Å². The topological polar surface area (TPSA) is 59.6 Å². The van der Waals surface area contributed by atoms with Gasteiger partial charge in [0.1, 0.15) is 6.04 Å². The summed E-state index contributed by atoms with van der Waals surface area (Å²) in [6.07, 6.45) is -1.05. The van der Waals surface area contributed by atoms with Crippen LogP contribution in [-0.4, -0.2) is 24.8 Å². The van der Waals surface area contributed by atoms with E-state index in [2.05, 4.69) is 20.1 Å². The molecule has 0 unspecified atom stereocenters. The number of anilines is 1. The van der Waals surface area contributed by atoms with E-state index in [4.69, 9.17) is 0 Å². The first kappa shape index (κ1) is 13.0. The number of fused-ring (bicyclic) bond motifs is 1. The Labute approximate surface area is 114 Å². The Kier molecular flexibility index (Phi) is 3.11. The lowest BCUT2D eigenvalue weighted by atomic mass is 10.1. The van der Waals surface area contributed by atoms with Crippen LogP contribution in [0, 0.1) is 0 Å². The summed E-state index contributed by atoms with van der Waals surface area (Å²) in [5.74, 6) is -0.120. The van der Waals surface area contributed by atoms with Gasteiger partial charge in [-0.25, -0.2) is 0 Å². The summed E-state index contributed by atoms with van der Waals surface area (Å²) >= 11 is 0. The highest BCUT2D eigenvalue weighted by molar-refractivity contribution is 5.85. The molecule has 1 atom stereocenters.